The molecule has 1 atom stereocenters. The van der Waals surface area contributed by atoms with Crippen LogP contribution in [-0.4, -0.2) is 16.0 Å². The van der Waals surface area contributed by atoms with Gasteiger partial charge in [0.25, 0.3) is 5.92 Å². The lowest BCUT2D eigenvalue weighted by Gasteiger charge is -2.37. The number of aliphatic hydroxyl groups is 1. The number of aromatic amines is 1. The van der Waals surface area contributed by atoms with Crippen LogP contribution in [0, 0.1) is 0 Å². The Morgan fingerprint density at radius 1 is 1.35 bits per heavy atom. The summed E-state index contributed by atoms with van der Waals surface area (Å²) in [6.45, 7) is 0.716. The van der Waals surface area contributed by atoms with Gasteiger partial charge in [0.1, 0.15) is 0 Å². The van der Waals surface area contributed by atoms with Crippen LogP contribution in [-0.2, 0) is 18.2 Å². The SMILES string of the molecule is CC1(O)c2c(C(F)(F)F)c[nH]c2CCC1(F)F. The number of rotatable bonds is 0. The van der Waals surface area contributed by atoms with Gasteiger partial charge < -0.3 is 10.1 Å². The Bertz CT molecular complexity index is 446. The standard InChI is InChI=1S/C10H10F5NO/c1-8(17)7-5(10(13,14)15)4-16-6(7)2-3-9(8,11)12/h4,16-17H,2-3H2,1H3. The zero-order valence-electron chi connectivity index (χ0n) is 8.83. The minimum atomic E-state index is -4.76. The Balaban J connectivity index is 2.64. The molecule has 2 rings (SSSR count). The molecule has 17 heavy (non-hydrogen) atoms. The highest BCUT2D eigenvalue weighted by atomic mass is 19.4. The average Bonchev–Trinajstić information content (AvgIpc) is 2.56. The molecule has 0 amide bonds. The zero-order chi connectivity index (χ0) is 13.1. The molecule has 0 aliphatic heterocycles. The van der Waals surface area contributed by atoms with Crippen LogP contribution in [0.25, 0.3) is 0 Å². The summed E-state index contributed by atoms with van der Waals surface area (Å²) in [7, 11) is 0. The van der Waals surface area contributed by atoms with Gasteiger partial charge in [0.2, 0.25) is 0 Å². The van der Waals surface area contributed by atoms with E-state index in [2.05, 4.69) is 4.98 Å². The van der Waals surface area contributed by atoms with Gasteiger partial charge in [-0.25, -0.2) is 8.78 Å². The molecule has 1 aromatic heterocycles. The summed E-state index contributed by atoms with van der Waals surface area (Å²) in [5.41, 5.74) is -4.74. The van der Waals surface area contributed by atoms with Crippen LogP contribution >= 0.6 is 0 Å². The summed E-state index contributed by atoms with van der Waals surface area (Å²) in [6.07, 6.45) is -5.03. The topological polar surface area (TPSA) is 36.0 Å². The maximum Gasteiger partial charge on any atom is 0.418 e. The van der Waals surface area contributed by atoms with E-state index in [9.17, 15) is 27.1 Å². The highest BCUT2D eigenvalue weighted by Crippen LogP contribution is 2.49. The molecule has 0 fully saturated rings. The van der Waals surface area contributed by atoms with Crippen LogP contribution in [0.4, 0.5) is 22.0 Å². The second-order valence-corrected chi connectivity index (χ2v) is 4.33. The summed E-state index contributed by atoms with van der Waals surface area (Å²) in [4.78, 5) is 2.31. The van der Waals surface area contributed by atoms with E-state index in [1.165, 1.54) is 0 Å². The summed E-state index contributed by atoms with van der Waals surface area (Å²) in [5.74, 6) is -3.57. The number of H-pyrrole nitrogens is 1. The van der Waals surface area contributed by atoms with E-state index in [0.717, 1.165) is 0 Å². The zero-order valence-corrected chi connectivity index (χ0v) is 8.83. The van der Waals surface area contributed by atoms with Crippen LogP contribution in [0.3, 0.4) is 0 Å². The molecule has 1 aliphatic rings. The first-order valence-corrected chi connectivity index (χ1v) is 4.95. The van der Waals surface area contributed by atoms with Gasteiger partial charge in [-0.1, -0.05) is 0 Å². The van der Waals surface area contributed by atoms with Gasteiger partial charge >= 0.3 is 6.18 Å². The van der Waals surface area contributed by atoms with Crippen molar-refractivity contribution in [2.75, 3.05) is 0 Å². The lowest BCUT2D eigenvalue weighted by molar-refractivity contribution is -0.193. The van der Waals surface area contributed by atoms with Gasteiger partial charge in [-0.2, -0.15) is 13.2 Å². The van der Waals surface area contributed by atoms with Crippen LogP contribution in [0.1, 0.15) is 30.2 Å². The predicted octanol–water partition coefficient (Wildman–Crippen LogP) is 2.82. The quantitative estimate of drug-likeness (QED) is 0.687. The number of nitrogens with one attached hydrogen (secondary N) is 1. The molecule has 1 heterocycles. The Morgan fingerprint density at radius 2 is 1.94 bits per heavy atom. The summed E-state index contributed by atoms with van der Waals surface area (Å²) in [6, 6.07) is 0. The molecule has 0 aromatic carbocycles. The van der Waals surface area contributed by atoms with Crippen molar-refractivity contribution in [1.29, 1.82) is 0 Å². The van der Waals surface area contributed by atoms with Crippen molar-refractivity contribution < 1.29 is 27.1 Å². The molecule has 0 saturated heterocycles. The molecule has 0 bridgehead atoms. The van der Waals surface area contributed by atoms with Gasteiger partial charge in [-0.15, -0.1) is 0 Å². The van der Waals surface area contributed by atoms with Crippen LogP contribution in [0.5, 0.6) is 0 Å². The van der Waals surface area contributed by atoms with E-state index in [1.54, 1.807) is 0 Å². The number of hydrogen-bond acceptors (Lipinski definition) is 1. The van der Waals surface area contributed by atoms with Crippen molar-refractivity contribution >= 4 is 0 Å². The smallest absolute Gasteiger partial charge is 0.379 e. The molecule has 2 N–H and O–H groups in total. The minimum Gasteiger partial charge on any atom is -0.379 e. The molecule has 0 saturated carbocycles. The number of aromatic nitrogens is 1. The molecule has 1 unspecified atom stereocenters. The molecule has 0 radical (unpaired) electrons. The van der Waals surface area contributed by atoms with Crippen LogP contribution in [0.2, 0.25) is 0 Å². The van der Waals surface area contributed by atoms with Crippen molar-refractivity contribution in [3.63, 3.8) is 0 Å². The van der Waals surface area contributed by atoms with Gasteiger partial charge in [0, 0.05) is 23.9 Å². The third-order valence-corrected chi connectivity index (χ3v) is 3.16. The minimum absolute atomic E-state index is 0.0215. The Kier molecular flexibility index (Phi) is 2.34. The molecule has 0 spiro atoms. The fourth-order valence-electron chi connectivity index (χ4n) is 2.15. The lowest BCUT2D eigenvalue weighted by Crippen LogP contribution is -2.47. The molecule has 1 aromatic rings. The van der Waals surface area contributed by atoms with Gasteiger partial charge in [-0.05, 0) is 13.3 Å². The Labute approximate surface area is 93.4 Å². The second-order valence-electron chi connectivity index (χ2n) is 4.33. The Hall–Kier alpha value is -1.11. The number of hydrogen-bond donors (Lipinski definition) is 2. The second kappa shape index (κ2) is 3.22. The molecule has 7 heteroatoms. The maximum atomic E-state index is 13.5. The normalized spacial score (nSPS) is 27.9. The predicted molar refractivity (Wildman–Crippen MR) is 48.6 cm³/mol. The molecule has 2 nitrogen and oxygen atoms in total. The summed E-state index contributed by atoms with van der Waals surface area (Å²) < 4.78 is 64.8. The van der Waals surface area contributed by atoms with E-state index in [-0.39, 0.29) is 12.1 Å². The van der Waals surface area contributed by atoms with E-state index < -0.39 is 35.2 Å². The third-order valence-electron chi connectivity index (χ3n) is 3.16. The first kappa shape index (κ1) is 12.3. The van der Waals surface area contributed by atoms with E-state index in [1.807, 2.05) is 0 Å². The molecular formula is C10H10F5NO. The van der Waals surface area contributed by atoms with Crippen molar-refractivity contribution in [2.24, 2.45) is 0 Å². The highest BCUT2D eigenvalue weighted by molar-refractivity contribution is 5.41. The molecular weight excluding hydrogens is 245 g/mol. The number of fused-ring (bicyclic) bond motifs is 1. The van der Waals surface area contributed by atoms with Gasteiger partial charge in [-0.3, -0.25) is 0 Å². The number of alkyl halides is 5. The lowest BCUT2D eigenvalue weighted by atomic mass is 9.79. The van der Waals surface area contributed by atoms with Gasteiger partial charge in [0.05, 0.1) is 5.56 Å². The highest BCUT2D eigenvalue weighted by Gasteiger charge is 2.57. The van der Waals surface area contributed by atoms with Crippen molar-refractivity contribution in [1.82, 2.24) is 4.98 Å². The van der Waals surface area contributed by atoms with E-state index >= 15 is 0 Å². The first-order valence-electron chi connectivity index (χ1n) is 4.95. The van der Waals surface area contributed by atoms with E-state index in [0.29, 0.717) is 13.1 Å². The van der Waals surface area contributed by atoms with Crippen molar-refractivity contribution in [2.45, 2.75) is 37.5 Å². The fourth-order valence-corrected chi connectivity index (χ4v) is 2.15. The monoisotopic (exact) mass is 255 g/mol. The van der Waals surface area contributed by atoms with E-state index in [4.69, 9.17) is 0 Å². The third kappa shape index (κ3) is 1.64. The average molecular weight is 255 g/mol. The fraction of sp³-hybridized carbons (Fsp3) is 0.600. The number of aryl methyl sites for hydroxylation is 1. The first-order chi connectivity index (χ1) is 7.57. The molecule has 96 valence electrons. The maximum absolute atomic E-state index is 13.5. The molecule has 1 aliphatic carbocycles. The van der Waals surface area contributed by atoms with Crippen LogP contribution < -0.4 is 0 Å². The Morgan fingerprint density at radius 3 is 2.47 bits per heavy atom. The largest absolute Gasteiger partial charge is 0.418 e. The van der Waals surface area contributed by atoms with Crippen molar-refractivity contribution in [3.8, 4) is 0 Å². The van der Waals surface area contributed by atoms with Crippen molar-refractivity contribution in [3.05, 3.63) is 23.0 Å². The number of halogens is 5. The summed E-state index contributed by atoms with van der Waals surface area (Å²) >= 11 is 0. The summed E-state index contributed by atoms with van der Waals surface area (Å²) in [5, 5.41) is 9.72. The van der Waals surface area contributed by atoms with Crippen LogP contribution in [0.15, 0.2) is 6.20 Å². The van der Waals surface area contributed by atoms with Gasteiger partial charge in [0.15, 0.2) is 5.60 Å².